The normalized spacial score (nSPS) is 15.9. The van der Waals surface area contributed by atoms with Crippen molar-refractivity contribution >= 4 is 27.5 Å². The summed E-state index contributed by atoms with van der Waals surface area (Å²) in [4.78, 5) is 16.3. The van der Waals surface area contributed by atoms with Crippen molar-refractivity contribution in [1.82, 2.24) is 4.72 Å². The Bertz CT molecular complexity index is 1010. The Morgan fingerprint density at radius 1 is 1.20 bits per heavy atom. The molecule has 0 unspecified atom stereocenters. The fraction of sp³-hybridized carbons (Fsp3) is 0.118. The van der Waals surface area contributed by atoms with Gasteiger partial charge in [-0.05, 0) is 30.3 Å². The molecule has 7 nitrogen and oxygen atoms in total. The largest absolute Gasteiger partial charge is 0.326 e. The molecule has 0 atom stereocenters. The molecule has 0 fully saturated rings. The minimum Gasteiger partial charge on any atom is -0.326 e. The van der Waals surface area contributed by atoms with Gasteiger partial charge in [-0.2, -0.15) is 5.26 Å². The maximum atomic E-state index is 12.0. The minimum absolute atomic E-state index is 0.0875. The summed E-state index contributed by atoms with van der Waals surface area (Å²) in [5.74, 6) is -0.0246. The van der Waals surface area contributed by atoms with Crippen molar-refractivity contribution in [2.75, 3.05) is 11.9 Å². The number of hydrogen-bond donors (Lipinski definition) is 2. The highest BCUT2D eigenvalue weighted by molar-refractivity contribution is 7.90. The van der Waals surface area contributed by atoms with Crippen LogP contribution < -0.4 is 10.0 Å². The van der Waals surface area contributed by atoms with Gasteiger partial charge in [0.2, 0.25) is 5.91 Å². The van der Waals surface area contributed by atoms with Crippen LogP contribution in [0.2, 0.25) is 0 Å². The number of rotatable bonds is 4. The van der Waals surface area contributed by atoms with Crippen LogP contribution in [0, 0.1) is 11.3 Å². The van der Waals surface area contributed by atoms with Crippen LogP contribution in [0.1, 0.15) is 17.5 Å². The van der Waals surface area contributed by atoms with E-state index in [4.69, 9.17) is 5.26 Å². The summed E-state index contributed by atoms with van der Waals surface area (Å²) >= 11 is 0. The molecule has 2 aromatic carbocycles. The summed E-state index contributed by atoms with van der Waals surface area (Å²) in [5.41, 5.74) is 1.49. The zero-order chi connectivity index (χ0) is 17.9. The van der Waals surface area contributed by atoms with E-state index in [1.165, 1.54) is 6.07 Å². The van der Waals surface area contributed by atoms with Crippen molar-refractivity contribution in [3.63, 3.8) is 0 Å². The average molecular weight is 354 g/mol. The number of hydrogen-bond acceptors (Lipinski definition) is 5. The molecule has 0 radical (unpaired) electrons. The van der Waals surface area contributed by atoms with Crippen LogP contribution in [0.3, 0.4) is 0 Å². The Hall–Kier alpha value is -3.18. The van der Waals surface area contributed by atoms with Crippen LogP contribution in [-0.4, -0.2) is 26.7 Å². The highest BCUT2D eigenvalue weighted by Crippen LogP contribution is 2.22. The molecule has 1 heterocycles. The molecule has 0 saturated carbocycles. The summed E-state index contributed by atoms with van der Waals surface area (Å²) in [6.45, 7) is 0.135. The third kappa shape index (κ3) is 3.67. The molecule has 3 rings (SSSR count). The summed E-state index contributed by atoms with van der Waals surface area (Å²) in [6.07, 6.45) is 0.0875. The number of nitriles is 1. The number of nitrogens with zero attached hydrogens (tertiary/aromatic N) is 2. The second-order valence-corrected chi connectivity index (χ2v) is 6.97. The van der Waals surface area contributed by atoms with Gasteiger partial charge < -0.3 is 5.32 Å². The number of anilines is 1. The molecule has 25 heavy (non-hydrogen) atoms. The number of amidine groups is 1. The number of fused-ring (bicyclic) bond motifs is 1. The number of amides is 1. The van der Waals surface area contributed by atoms with Crippen molar-refractivity contribution in [2.24, 2.45) is 4.99 Å². The molecule has 0 aliphatic carbocycles. The Balaban J connectivity index is 1.64. The highest BCUT2D eigenvalue weighted by Gasteiger charge is 2.29. The van der Waals surface area contributed by atoms with Gasteiger partial charge in [0, 0.05) is 17.7 Å². The van der Waals surface area contributed by atoms with Crippen molar-refractivity contribution in [2.45, 2.75) is 11.3 Å². The van der Waals surface area contributed by atoms with E-state index in [2.05, 4.69) is 15.0 Å². The molecule has 2 N–H and O–H groups in total. The van der Waals surface area contributed by atoms with Crippen LogP contribution in [0.15, 0.2) is 58.4 Å². The molecule has 0 saturated heterocycles. The van der Waals surface area contributed by atoms with Crippen LogP contribution in [0.4, 0.5) is 5.69 Å². The van der Waals surface area contributed by atoms with E-state index in [0.717, 1.165) is 0 Å². The number of sulfonamides is 1. The zero-order valence-electron chi connectivity index (χ0n) is 13.1. The van der Waals surface area contributed by atoms with Gasteiger partial charge >= 0.3 is 0 Å². The summed E-state index contributed by atoms with van der Waals surface area (Å²) < 4.78 is 26.3. The Labute approximate surface area is 145 Å². The number of benzene rings is 2. The third-order valence-corrected chi connectivity index (χ3v) is 4.94. The van der Waals surface area contributed by atoms with Gasteiger partial charge in [-0.15, -0.1) is 0 Å². The standard InChI is InChI=1S/C17H14N4O3S/c18-11-12-4-3-5-13(10-12)20-16(22)8-9-19-17-14-6-1-2-7-15(14)25(23,24)21-17/h1-7,10H,8-9H2,(H,19,21)(H,20,22). The van der Waals surface area contributed by atoms with E-state index < -0.39 is 10.0 Å². The summed E-state index contributed by atoms with van der Waals surface area (Å²) in [6, 6.07) is 15.1. The molecule has 2 aromatic rings. The SMILES string of the molecule is N#Cc1cccc(NC(=O)CCN=C2NS(=O)(=O)c3ccccc32)c1. The molecule has 126 valence electrons. The predicted octanol–water partition coefficient (Wildman–Crippen LogP) is 1.63. The number of carbonyl (C=O) groups excluding carboxylic acids is 1. The van der Waals surface area contributed by atoms with E-state index in [0.29, 0.717) is 16.8 Å². The lowest BCUT2D eigenvalue weighted by molar-refractivity contribution is -0.116. The lowest BCUT2D eigenvalue weighted by atomic mass is 10.2. The van der Waals surface area contributed by atoms with E-state index in [-0.39, 0.29) is 29.6 Å². The van der Waals surface area contributed by atoms with E-state index in [1.807, 2.05) is 6.07 Å². The summed E-state index contributed by atoms with van der Waals surface area (Å²) in [5, 5.41) is 11.5. The fourth-order valence-electron chi connectivity index (χ4n) is 2.41. The van der Waals surface area contributed by atoms with E-state index in [9.17, 15) is 13.2 Å². The number of carbonyl (C=O) groups is 1. The van der Waals surface area contributed by atoms with E-state index in [1.54, 1.807) is 42.5 Å². The summed E-state index contributed by atoms with van der Waals surface area (Å²) in [7, 11) is -3.57. The van der Waals surface area contributed by atoms with E-state index >= 15 is 0 Å². The second kappa shape index (κ2) is 6.75. The monoisotopic (exact) mass is 354 g/mol. The molecule has 1 aliphatic heterocycles. The van der Waals surface area contributed by atoms with Gasteiger partial charge in [0.1, 0.15) is 5.84 Å². The topological polar surface area (TPSA) is 111 Å². The first-order chi connectivity index (χ1) is 12.0. The first-order valence-corrected chi connectivity index (χ1v) is 8.94. The third-order valence-electron chi connectivity index (χ3n) is 3.55. The first kappa shape index (κ1) is 16.7. The van der Waals surface area contributed by atoms with Gasteiger partial charge in [-0.3, -0.25) is 14.5 Å². The van der Waals surface area contributed by atoms with Crippen molar-refractivity contribution < 1.29 is 13.2 Å². The Morgan fingerprint density at radius 2 is 2.00 bits per heavy atom. The first-order valence-electron chi connectivity index (χ1n) is 7.46. The Morgan fingerprint density at radius 3 is 2.80 bits per heavy atom. The molecule has 1 aliphatic rings. The molecule has 0 spiro atoms. The fourth-order valence-corrected chi connectivity index (χ4v) is 3.66. The average Bonchev–Trinajstić information content (AvgIpc) is 2.86. The van der Waals surface area contributed by atoms with Gasteiger partial charge in [-0.25, -0.2) is 8.42 Å². The number of nitrogens with one attached hydrogen (secondary N) is 2. The van der Waals surface area contributed by atoms with Crippen molar-refractivity contribution in [1.29, 1.82) is 5.26 Å². The maximum Gasteiger partial charge on any atom is 0.263 e. The smallest absolute Gasteiger partial charge is 0.263 e. The van der Waals surface area contributed by atoms with Crippen LogP contribution in [0.5, 0.6) is 0 Å². The molecule has 0 bridgehead atoms. The molecular weight excluding hydrogens is 340 g/mol. The predicted molar refractivity (Wildman–Crippen MR) is 92.6 cm³/mol. The zero-order valence-corrected chi connectivity index (χ0v) is 13.9. The van der Waals surface area contributed by atoms with Gasteiger partial charge in [-0.1, -0.05) is 18.2 Å². The highest BCUT2D eigenvalue weighted by atomic mass is 32.2. The number of aliphatic imine (C=N–C) groups is 1. The van der Waals surface area contributed by atoms with Crippen molar-refractivity contribution in [3.8, 4) is 6.07 Å². The lowest BCUT2D eigenvalue weighted by Gasteiger charge is -2.04. The van der Waals surface area contributed by atoms with Crippen LogP contribution >= 0.6 is 0 Å². The van der Waals surface area contributed by atoms with Gasteiger partial charge in [0.25, 0.3) is 10.0 Å². The second-order valence-electron chi connectivity index (χ2n) is 5.32. The molecular formula is C17H14N4O3S. The maximum absolute atomic E-state index is 12.0. The van der Waals surface area contributed by atoms with Gasteiger partial charge in [0.05, 0.1) is 23.1 Å². The van der Waals surface area contributed by atoms with Gasteiger partial charge in [0.15, 0.2) is 0 Å². The minimum atomic E-state index is -3.57. The quantitative estimate of drug-likeness (QED) is 0.869. The van der Waals surface area contributed by atoms with Crippen LogP contribution in [-0.2, 0) is 14.8 Å². The molecule has 8 heteroatoms. The van der Waals surface area contributed by atoms with Crippen molar-refractivity contribution in [3.05, 3.63) is 59.7 Å². The van der Waals surface area contributed by atoms with Crippen LogP contribution in [0.25, 0.3) is 0 Å². The lowest BCUT2D eigenvalue weighted by Crippen LogP contribution is -2.23. The molecule has 1 amide bonds. The molecule has 0 aromatic heterocycles. The Kier molecular flexibility index (Phi) is 4.50.